The molecule has 0 spiro atoms. The molecule has 4 aromatic heterocycles. The van der Waals surface area contributed by atoms with E-state index in [0.717, 1.165) is 66.4 Å². The Bertz CT molecular complexity index is 2500. The van der Waals surface area contributed by atoms with E-state index in [-0.39, 0.29) is 25.5 Å². The number of hydrogen-bond acceptors (Lipinski definition) is 4. The Morgan fingerprint density at radius 2 is 1.23 bits per heavy atom. The fourth-order valence-corrected chi connectivity index (χ4v) is 6.20. The van der Waals surface area contributed by atoms with Crippen LogP contribution in [0.2, 0.25) is 0 Å². The number of fused-ring (bicyclic) bond motifs is 6. The van der Waals surface area contributed by atoms with E-state index in [0.29, 0.717) is 0 Å². The number of nitrogens with zero attached hydrogens (tertiary/aromatic N) is 2. The van der Waals surface area contributed by atoms with Gasteiger partial charge in [-0.3, -0.25) is 0 Å². The van der Waals surface area contributed by atoms with E-state index in [1.165, 1.54) is 11.1 Å². The smallest absolute Gasteiger partial charge is 0.120 e. The number of benzene rings is 5. The van der Waals surface area contributed by atoms with E-state index in [1.807, 2.05) is 79.0 Å². The summed E-state index contributed by atoms with van der Waals surface area (Å²) in [6.07, 6.45) is 3.67. The summed E-state index contributed by atoms with van der Waals surface area (Å²) in [6.45, 7) is 4.50. The Morgan fingerprint density at radius 1 is 0.542 bits per heavy atom. The van der Waals surface area contributed by atoms with Crippen molar-refractivity contribution in [2.75, 3.05) is 0 Å². The normalized spacial score (nSPS) is 11.4. The number of pyridine rings is 2. The zero-order chi connectivity index (χ0) is 31.8. The Kier molecular flexibility index (Phi) is 8.49. The molecule has 0 saturated carbocycles. The molecular weight excluding hydrogens is 769 g/mol. The van der Waals surface area contributed by atoms with Crippen LogP contribution in [-0.4, -0.2) is 9.97 Å². The molecule has 5 heteroatoms. The monoisotopic (exact) mass is 799 g/mol. The van der Waals surface area contributed by atoms with E-state index in [1.54, 1.807) is 6.20 Å². The average molecular weight is 799 g/mol. The summed E-state index contributed by atoms with van der Waals surface area (Å²) in [5.74, 6) is 0. The van der Waals surface area contributed by atoms with Crippen LogP contribution in [0.3, 0.4) is 0 Å². The molecule has 235 valence electrons. The summed E-state index contributed by atoms with van der Waals surface area (Å²) in [4.78, 5) is 9.00. The van der Waals surface area contributed by atoms with Crippen molar-refractivity contribution >= 4 is 43.9 Å². The summed E-state index contributed by atoms with van der Waals surface area (Å²) in [5, 5.41) is 4.45. The Labute approximate surface area is 292 Å². The van der Waals surface area contributed by atoms with Gasteiger partial charge in [0.2, 0.25) is 0 Å². The Morgan fingerprint density at radius 3 is 2.00 bits per heavy atom. The maximum absolute atomic E-state index is 5.97. The molecule has 4 nitrogen and oxygen atoms in total. The van der Waals surface area contributed by atoms with Crippen molar-refractivity contribution in [1.82, 2.24) is 9.97 Å². The van der Waals surface area contributed by atoms with Gasteiger partial charge >= 0.3 is 0 Å². The molecule has 9 aromatic rings. The van der Waals surface area contributed by atoms with Crippen molar-refractivity contribution in [3.63, 3.8) is 0 Å². The van der Waals surface area contributed by atoms with E-state index in [2.05, 4.69) is 96.6 Å². The van der Waals surface area contributed by atoms with Gasteiger partial charge in [0.25, 0.3) is 0 Å². The van der Waals surface area contributed by atoms with Gasteiger partial charge in [-0.1, -0.05) is 115 Å². The molecule has 0 aliphatic rings. The first-order chi connectivity index (χ1) is 23.1. The van der Waals surface area contributed by atoms with Gasteiger partial charge in [-0.15, -0.1) is 42.0 Å². The fraction of sp³-hybridized carbons (Fsp3) is 0.0698. The number of furan rings is 2. The molecule has 0 atom stereocenters. The van der Waals surface area contributed by atoms with E-state index in [4.69, 9.17) is 8.83 Å². The predicted octanol–water partition coefficient (Wildman–Crippen LogP) is 11.2. The van der Waals surface area contributed by atoms with Gasteiger partial charge in [-0.2, -0.15) is 0 Å². The van der Waals surface area contributed by atoms with Crippen LogP contribution in [0, 0.1) is 12.1 Å². The molecule has 0 bridgehead atoms. The number of rotatable bonds is 4. The molecule has 1 radical (unpaired) electrons. The number of aromatic nitrogens is 2. The summed E-state index contributed by atoms with van der Waals surface area (Å²) in [7, 11) is 0. The first kappa shape index (κ1) is 31.3. The summed E-state index contributed by atoms with van der Waals surface area (Å²) in [6, 6.07) is 51.5. The van der Waals surface area contributed by atoms with Crippen molar-refractivity contribution < 1.29 is 28.9 Å². The number of hydrogen-bond donors (Lipinski definition) is 0. The van der Waals surface area contributed by atoms with Crippen LogP contribution < -0.4 is 0 Å². The van der Waals surface area contributed by atoms with Gasteiger partial charge in [0.1, 0.15) is 11.2 Å². The van der Waals surface area contributed by atoms with Crippen molar-refractivity contribution in [3.8, 4) is 22.5 Å². The zero-order valence-corrected chi connectivity index (χ0v) is 28.8. The first-order valence-electron chi connectivity index (χ1n) is 15.6. The van der Waals surface area contributed by atoms with Crippen molar-refractivity contribution in [2.24, 2.45) is 0 Å². The van der Waals surface area contributed by atoms with Crippen LogP contribution in [0.25, 0.3) is 66.4 Å². The van der Waals surface area contributed by atoms with Crippen LogP contribution in [0.15, 0.2) is 155 Å². The minimum absolute atomic E-state index is 0. The molecule has 5 aromatic carbocycles. The molecule has 0 aliphatic carbocycles. The summed E-state index contributed by atoms with van der Waals surface area (Å²) in [5.41, 5.74) is 9.60. The zero-order valence-electron chi connectivity index (χ0n) is 26.4. The largest absolute Gasteiger partial charge is 0.501 e. The first-order valence-corrected chi connectivity index (χ1v) is 15.6. The van der Waals surface area contributed by atoms with Crippen molar-refractivity contribution in [1.29, 1.82) is 0 Å². The average Bonchev–Trinajstić information content (AvgIpc) is 3.71. The predicted molar refractivity (Wildman–Crippen MR) is 190 cm³/mol. The van der Waals surface area contributed by atoms with Gasteiger partial charge in [0.05, 0.1) is 11.2 Å². The molecule has 4 heterocycles. The van der Waals surface area contributed by atoms with E-state index in [9.17, 15) is 0 Å². The van der Waals surface area contributed by atoms with Crippen LogP contribution in [-0.2, 0) is 25.5 Å². The van der Waals surface area contributed by atoms with E-state index >= 15 is 0 Å². The SMILES string of the molecule is CC(C)(c1ccccc1)c1ccnc(-c2[c-]cc3oc4ccccc4c3c2)c1.[Ir].[c-]1ccc2c(oc3ccccc32)c1-c1ccccn1. The minimum Gasteiger partial charge on any atom is -0.501 e. The topological polar surface area (TPSA) is 52.1 Å². The third-order valence-corrected chi connectivity index (χ3v) is 8.82. The number of para-hydroxylation sites is 2. The van der Waals surface area contributed by atoms with Gasteiger partial charge in [-0.25, -0.2) is 0 Å². The van der Waals surface area contributed by atoms with E-state index < -0.39 is 0 Å². The molecule has 9 rings (SSSR count). The molecule has 0 aliphatic heterocycles. The Hall–Kier alpha value is -5.35. The fourth-order valence-electron chi connectivity index (χ4n) is 6.20. The summed E-state index contributed by atoms with van der Waals surface area (Å²) < 4.78 is 11.9. The molecule has 48 heavy (non-hydrogen) atoms. The minimum atomic E-state index is -0.106. The Balaban J connectivity index is 0.000000159. The third kappa shape index (κ3) is 5.73. The molecule has 0 unspecified atom stereocenters. The maximum atomic E-state index is 5.97. The third-order valence-electron chi connectivity index (χ3n) is 8.82. The van der Waals surface area contributed by atoms with Gasteiger partial charge < -0.3 is 18.8 Å². The molecule has 0 fully saturated rings. The second-order valence-corrected chi connectivity index (χ2v) is 12.1. The van der Waals surface area contributed by atoms with Gasteiger partial charge in [0, 0.05) is 48.7 Å². The van der Waals surface area contributed by atoms with Crippen LogP contribution in [0.5, 0.6) is 0 Å². The maximum Gasteiger partial charge on any atom is 0.120 e. The van der Waals surface area contributed by atoms with Crippen molar-refractivity contribution in [3.05, 3.63) is 169 Å². The summed E-state index contributed by atoms with van der Waals surface area (Å²) >= 11 is 0. The molecule has 0 amide bonds. The van der Waals surface area contributed by atoms with Gasteiger partial charge in [-0.05, 0) is 46.8 Å². The standard InChI is InChI=1S/C26H20NO.C17H10NO.Ir/c1-26(2,19-8-4-3-5-9-19)20-14-15-27-23(17-20)18-12-13-25-22(16-18)21-10-6-7-11-24(21)28-25;1-2-10-16-12(6-1)13-7-5-8-14(17(13)19-16)15-9-3-4-11-18-15;/h3-11,13-17H,1-2H3;1-7,9-11H;/q2*-1;. The second kappa shape index (κ2) is 13.0. The van der Waals surface area contributed by atoms with Crippen LogP contribution >= 0.6 is 0 Å². The molecule has 0 N–H and O–H groups in total. The second-order valence-electron chi connectivity index (χ2n) is 12.1. The van der Waals surface area contributed by atoms with Crippen LogP contribution in [0.4, 0.5) is 0 Å². The van der Waals surface area contributed by atoms with Gasteiger partial charge in [0.15, 0.2) is 0 Å². The molecule has 0 saturated heterocycles. The quantitative estimate of drug-likeness (QED) is 0.166. The van der Waals surface area contributed by atoms with Crippen molar-refractivity contribution in [2.45, 2.75) is 19.3 Å². The molecular formula is C43H30IrN2O2-2. The van der Waals surface area contributed by atoms with Crippen LogP contribution in [0.1, 0.15) is 25.0 Å².